The molecule has 1 N–H and O–H groups in total. The number of ether oxygens (including phenoxy) is 1. The van der Waals surface area contributed by atoms with Crippen molar-refractivity contribution in [1.29, 1.82) is 0 Å². The number of carbonyl (C=O) groups is 1. The number of hydrogen-bond donors (Lipinski definition) is 1. The van der Waals surface area contributed by atoms with Crippen molar-refractivity contribution in [3.8, 4) is 0 Å². The fourth-order valence-electron chi connectivity index (χ4n) is 4.52. The van der Waals surface area contributed by atoms with Crippen LogP contribution in [-0.4, -0.2) is 56.5 Å². The van der Waals surface area contributed by atoms with E-state index in [1.165, 1.54) is 28.6 Å². The number of benzene rings is 3. The molecule has 1 aliphatic heterocycles. The third-order valence-electron chi connectivity index (χ3n) is 6.27. The second kappa shape index (κ2) is 9.26. The first-order chi connectivity index (χ1) is 16.9. The Morgan fingerprint density at radius 2 is 1.74 bits per heavy atom. The second-order valence-corrected chi connectivity index (χ2v) is 10.3. The van der Waals surface area contributed by atoms with Crippen LogP contribution in [0.15, 0.2) is 76.4 Å². The highest BCUT2D eigenvalue weighted by molar-refractivity contribution is 7.89. The van der Waals surface area contributed by atoms with E-state index in [-0.39, 0.29) is 29.5 Å². The molecule has 180 valence electrons. The van der Waals surface area contributed by atoms with E-state index in [4.69, 9.17) is 4.74 Å². The van der Waals surface area contributed by atoms with Gasteiger partial charge >= 0.3 is 0 Å². The molecule has 0 saturated carbocycles. The molecular formula is C26H25N3O5S. The lowest BCUT2D eigenvalue weighted by atomic mass is 10.0. The van der Waals surface area contributed by atoms with Crippen LogP contribution in [0.3, 0.4) is 0 Å². The standard InChI is InChI=1S/C26H25N3O5S/c1-2-29(24-9-5-7-18-6-3-4-8-20(18)24)26(31)22-17-25(30)27-23-11-10-19(16-21(22)23)35(32,33)28-12-14-34-15-13-28/h3-11,16-17H,2,12-15H2,1H3,(H,27,30). The summed E-state index contributed by atoms with van der Waals surface area (Å²) in [5.74, 6) is -0.374. The summed E-state index contributed by atoms with van der Waals surface area (Å²) in [6.45, 7) is 3.43. The van der Waals surface area contributed by atoms with Gasteiger partial charge in [0, 0.05) is 42.0 Å². The Bertz CT molecular complexity index is 1580. The van der Waals surface area contributed by atoms with Crippen LogP contribution in [0.25, 0.3) is 21.7 Å². The summed E-state index contributed by atoms with van der Waals surface area (Å²) in [6.07, 6.45) is 0. The smallest absolute Gasteiger partial charge is 0.259 e. The van der Waals surface area contributed by atoms with Crippen LogP contribution in [0.2, 0.25) is 0 Å². The van der Waals surface area contributed by atoms with Crippen LogP contribution in [0.1, 0.15) is 17.3 Å². The van der Waals surface area contributed by atoms with Gasteiger partial charge in [-0.1, -0.05) is 36.4 Å². The van der Waals surface area contributed by atoms with E-state index in [0.717, 1.165) is 16.5 Å². The Balaban J connectivity index is 1.64. The maximum Gasteiger partial charge on any atom is 0.259 e. The summed E-state index contributed by atoms with van der Waals surface area (Å²) in [4.78, 5) is 30.7. The molecule has 2 heterocycles. The van der Waals surface area contributed by atoms with Gasteiger partial charge in [-0.3, -0.25) is 9.59 Å². The number of morpholine rings is 1. The van der Waals surface area contributed by atoms with E-state index in [2.05, 4.69) is 4.98 Å². The van der Waals surface area contributed by atoms with Crippen molar-refractivity contribution in [1.82, 2.24) is 9.29 Å². The molecule has 0 bridgehead atoms. The molecule has 1 amide bonds. The molecule has 0 unspecified atom stereocenters. The first-order valence-electron chi connectivity index (χ1n) is 11.4. The Hall–Kier alpha value is -3.53. The van der Waals surface area contributed by atoms with E-state index >= 15 is 0 Å². The molecule has 0 radical (unpaired) electrons. The van der Waals surface area contributed by atoms with E-state index in [1.54, 1.807) is 4.90 Å². The van der Waals surface area contributed by atoms with Gasteiger partial charge in [0.2, 0.25) is 15.6 Å². The lowest BCUT2D eigenvalue weighted by Gasteiger charge is -2.26. The van der Waals surface area contributed by atoms with Crippen molar-refractivity contribution in [2.45, 2.75) is 11.8 Å². The molecule has 1 aliphatic rings. The molecule has 35 heavy (non-hydrogen) atoms. The summed E-state index contributed by atoms with van der Waals surface area (Å²) in [5, 5.41) is 2.28. The number of nitrogens with zero attached hydrogens (tertiary/aromatic N) is 2. The van der Waals surface area contributed by atoms with Crippen LogP contribution >= 0.6 is 0 Å². The zero-order chi connectivity index (χ0) is 24.6. The largest absolute Gasteiger partial charge is 0.379 e. The quantitative estimate of drug-likeness (QED) is 0.462. The lowest BCUT2D eigenvalue weighted by Crippen LogP contribution is -2.40. The fourth-order valence-corrected chi connectivity index (χ4v) is 5.95. The van der Waals surface area contributed by atoms with Gasteiger partial charge in [-0.05, 0) is 36.6 Å². The zero-order valence-electron chi connectivity index (χ0n) is 19.2. The van der Waals surface area contributed by atoms with Crippen molar-refractivity contribution in [2.75, 3.05) is 37.7 Å². The van der Waals surface area contributed by atoms with Crippen molar-refractivity contribution in [2.24, 2.45) is 0 Å². The third kappa shape index (κ3) is 4.22. The SMILES string of the molecule is CCN(C(=O)c1cc(=O)[nH]c2ccc(S(=O)(=O)N3CCOCC3)cc12)c1cccc2ccccc12. The van der Waals surface area contributed by atoms with Gasteiger partial charge in [0.05, 0.1) is 29.4 Å². The van der Waals surface area contributed by atoms with Crippen LogP contribution < -0.4 is 10.5 Å². The highest BCUT2D eigenvalue weighted by atomic mass is 32.2. The summed E-state index contributed by atoms with van der Waals surface area (Å²) >= 11 is 0. The lowest BCUT2D eigenvalue weighted by molar-refractivity contribution is 0.0730. The summed E-state index contributed by atoms with van der Waals surface area (Å²) < 4.78 is 33.1. The van der Waals surface area contributed by atoms with Crippen LogP contribution in [0.4, 0.5) is 5.69 Å². The minimum atomic E-state index is -3.78. The number of sulfonamides is 1. The van der Waals surface area contributed by atoms with Crippen LogP contribution in [0.5, 0.6) is 0 Å². The first kappa shape index (κ1) is 23.2. The molecule has 4 aromatic rings. The number of hydrogen-bond acceptors (Lipinski definition) is 5. The summed E-state index contributed by atoms with van der Waals surface area (Å²) in [7, 11) is -3.78. The Morgan fingerprint density at radius 1 is 1.00 bits per heavy atom. The van der Waals surface area contributed by atoms with Crippen LogP contribution in [0, 0.1) is 0 Å². The van der Waals surface area contributed by atoms with E-state index in [1.807, 2.05) is 49.4 Å². The Morgan fingerprint density at radius 3 is 2.51 bits per heavy atom. The van der Waals surface area contributed by atoms with E-state index in [9.17, 15) is 18.0 Å². The maximum atomic E-state index is 13.8. The zero-order valence-corrected chi connectivity index (χ0v) is 20.0. The Labute approximate surface area is 202 Å². The number of rotatable bonds is 5. The monoisotopic (exact) mass is 491 g/mol. The Kier molecular flexibility index (Phi) is 6.14. The molecule has 3 aromatic carbocycles. The molecule has 5 rings (SSSR count). The number of anilines is 1. The average molecular weight is 492 g/mol. The molecule has 0 aliphatic carbocycles. The number of nitrogens with one attached hydrogen (secondary N) is 1. The van der Waals surface area contributed by atoms with Gasteiger partial charge < -0.3 is 14.6 Å². The number of amides is 1. The average Bonchev–Trinajstić information content (AvgIpc) is 2.89. The van der Waals surface area contributed by atoms with Gasteiger partial charge in [-0.15, -0.1) is 0 Å². The molecule has 0 atom stereocenters. The van der Waals surface area contributed by atoms with Crippen LogP contribution in [-0.2, 0) is 14.8 Å². The van der Waals surface area contributed by atoms with Gasteiger partial charge in [0.15, 0.2) is 0 Å². The minimum Gasteiger partial charge on any atom is -0.379 e. The molecule has 0 spiro atoms. The molecule has 1 saturated heterocycles. The van der Waals surface area contributed by atoms with Crippen molar-refractivity contribution < 1.29 is 17.9 Å². The van der Waals surface area contributed by atoms with Gasteiger partial charge in [0.1, 0.15) is 0 Å². The number of aromatic amines is 1. The topological polar surface area (TPSA) is 99.8 Å². The van der Waals surface area contributed by atoms with Crippen molar-refractivity contribution in [3.05, 3.63) is 82.6 Å². The van der Waals surface area contributed by atoms with Crippen molar-refractivity contribution >= 4 is 43.3 Å². The predicted molar refractivity (Wildman–Crippen MR) is 135 cm³/mol. The maximum absolute atomic E-state index is 13.8. The number of pyridine rings is 1. The molecular weight excluding hydrogens is 466 g/mol. The number of H-pyrrole nitrogens is 1. The van der Waals surface area contributed by atoms with Gasteiger partial charge in [-0.25, -0.2) is 8.42 Å². The minimum absolute atomic E-state index is 0.0706. The highest BCUT2D eigenvalue weighted by Crippen LogP contribution is 2.30. The molecule has 8 nitrogen and oxygen atoms in total. The molecule has 1 fully saturated rings. The molecule has 1 aromatic heterocycles. The number of carbonyl (C=O) groups excluding carboxylic acids is 1. The first-order valence-corrected chi connectivity index (χ1v) is 12.9. The third-order valence-corrected chi connectivity index (χ3v) is 8.17. The van der Waals surface area contributed by atoms with Gasteiger partial charge in [-0.2, -0.15) is 4.31 Å². The van der Waals surface area contributed by atoms with E-state index < -0.39 is 15.6 Å². The highest BCUT2D eigenvalue weighted by Gasteiger charge is 2.28. The normalized spacial score (nSPS) is 14.9. The van der Waals surface area contributed by atoms with E-state index in [0.29, 0.717) is 30.7 Å². The number of aromatic nitrogens is 1. The second-order valence-electron chi connectivity index (χ2n) is 8.32. The summed E-state index contributed by atoms with van der Waals surface area (Å²) in [5.41, 5.74) is 0.841. The fraction of sp³-hybridized carbons (Fsp3) is 0.231. The summed E-state index contributed by atoms with van der Waals surface area (Å²) in [6, 6.07) is 19.2. The van der Waals surface area contributed by atoms with Gasteiger partial charge in [0.25, 0.3) is 5.91 Å². The molecule has 9 heteroatoms. The predicted octanol–water partition coefficient (Wildman–Crippen LogP) is 3.37. The van der Waals surface area contributed by atoms with Crippen molar-refractivity contribution in [3.63, 3.8) is 0 Å². The number of fused-ring (bicyclic) bond motifs is 2.